The summed E-state index contributed by atoms with van der Waals surface area (Å²) in [5.41, 5.74) is -0.0459. The minimum absolute atomic E-state index is 0.291. The van der Waals surface area contributed by atoms with Crippen molar-refractivity contribution >= 4 is 24.4 Å². The van der Waals surface area contributed by atoms with Crippen molar-refractivity contribution in [3.8, 4) is 0 Å². The molecule has 1 aromatic rings. The molecular weight excluding hydrogens is 185 g/mol. The summed E-state index contributed by atoms with van der Waals surface area (Å²) >= 11 is 0. The monoisotopic (exact) mass is 192 g/mol. The zero-order valence-electron chi connectivity index (χ0n) is 7.43. The van der Waals surface area contributed by atoms with Gasteiger partial charge in [-0.15, -0.1) is 0 Å². The van der Waals surface area contributed by atoms with Crippen LogP contribution >= 0.6 is 0 Å². The number of aromatic carboxylic acids is 1. The smallest absolute Gasteiger partial charge is 0.342 e. The molecule has 0 aliphatic carbocycles. The van der Waals surface area contributed by atoms with Crippen molar-refractivity contribution in [3.05, 3.63) is 33.9 Å². The molecule has 0 unspecified atom stereocenters. The Morgan fingerprint density at radius 2 is 2.21 bits per heavy atom. The fraction of sp³-hybridized carbons (Fsp3) is 0.125. The lowest BCUT2D eigenvalue weighted by atomic mass is 9.73. The predicted molar refractivity (Wildman–Crippen MR) is 51.3 cm³/mol. The zero-order chi connectivity index (χ0) is 10.7. The lowest BCUT2D eigenvalue weighted by Gasteiger charge is -1.99. The molecule has 0 aliphatic rings. The highest BCUT2D eigenvalue weighted by Gasteiger charge is 2.19. The van der Waals surface area contributed by atoms with Crippen molar-refractivity contribution in [3.63, 3.8) is 0 Å². The highest BCUT2D eigenvalue weighted by atomic mass is 16.6. The molecule has 1 rings (SSSR count). The van der Waals surface area contributed by atoms with Gasteiger partial charge in [0.2, 0.25) is 0 Å². The summed E-state index contributed by atoms with van der Waals surface area (Å²) in [5, 5.41) is 19.2. The van der Waals surface area contributed by atoms with Crippen LogP contribution in [0.3, 0.4) is 0 Å². The molecule has 0 heterocycles. The van der Waals surface area contributed by atoms with E-state index in [2.05, 4.69) is 0 Å². The summed E-state index contributed by atoms with van der Waals surface area (Å²) in [6, 6.07) is 4.00. The van der Waals surface area contributed by atoms with Crippen LogP contribution in [-0.2, 0) is 0 Å². The van der Waals surface area contributed by atoms with Crippen LogP contribution in [0.5, 0.6) is 0 Å². The van der Waals surface area contributed by atoms with Gasteiger partial charge in [-0.25, -0.2) is 4.79 Å². The number of rotatable bonds is 3. The topological polar surface area (TPSA) is 80.4 Å². The van der Waals surface area contributed by atoms with Crippen LogP contribution in [0.2, 0.25) is 6.82 Å². The number of carboxylic acids is 1. The van der Waals surface area contributed by atoms with Crippen LogP contribution < -0.4 is 5.46 Å². The van der Waals surface area contributed by atoms with Gasteiger partial charge in [0.25, 0.3) is 5.69 Å². The quantitative estimate of drug-likeness (QED) is 0.433. The third kappa shape index (κ3) is 1.90. The molecular formula is C8H7BNO4. The van der Waals surface area contributed by atoms with E-state index in [4.69, 9.17) is 5.11 Å². The number of hydrogen-bond acceptors (Lipinski definition) is 3. The standard InChI is InChI=1S/C8H7BNO4/c1-9-5-2-3-6(8(11)12)7(4-5)10(13)14/h2-4H,1H3,(H,11,12). The van der Waals surface area contributed by atoms with E-state index in [0.717, 1.165) is 0 Å². The van der Waals surface area contributed by atoms with Crippen LogP contribution in [0.15, 0.2) is 18.2 Å². The number of nitro groups is 1. The van der Waals surface area contributed by atoms with Crippen LogP contribution in [0.1, 0.15) is 10.4 Å². The number of benzene rings is 1. The zero-order valence-corrected chi connectivity index (χ0v) is 7.43. The minimum Gasteiger partial charge on any atom is -0.477 e. The van der Waals surface area contributed by atoms with Crippen LogP contribution in [0.4, 0.5) is 5.69 Å². The summed E-state index contributed by atoms with van der Waals surface area (Å²) in [5.74, 6) is -1.29. The molecule has 0 aliphatic heterocycles. The Kier molecular flexibility index (Phi) is 2.86. The van der Waals surface area contributed by atoms with E-state index in [9.17, 15) is 14.9 Å². The molecule has 0 atom stereocenters. The van der Waals surface area contributed by atoms with E-state index in [1.807, 2.05) is 0 Å². The van der Waals surface area contributed by atoms with Gasteiger partial charge in [-0.2, -0.15) is 0 Å². The number of carboxylic acid groups (broad SMARTS) is 1. The Balaban J connectivity index is 3.31. The molecule has 6 heteroatoms. The second-order valence-corrected chi connectivity index (χ2v) is 2.63. The van der Waals surface area contributed by atoms with E-state index in [1.165, 1.54) is 18.2 Å². The van der Waals surface area contributed by atoms with Gasteiger partial charge in [-0.3, -0.25) is 10.1 Å². The first-order valence-electron chi connectivity index (χ1n) is 3.87. The summed E-state index contributed by atoms with van der Waals surface area (Å²) in [7, 11) is 1.67. The second kappa shape index (κ2) is 3.91. The van der Waals surface area contributed by atoms with Gasteiger partial charge in [-0.05, 0) is 6.07 Å². The lowest BCUT2D eigenvalue weighted by Crippen LogP contribution is -2.13. The van der Waals surface area contributed by atoms with Crippen molar-refractivity contribution in [1.82, 2.24) is 0 Å². The first kappa shape index (κ1) is 10.2. The molecule has 1 N–H and O–H groups in total. The first-order chi connectivity index (χ1) is 6.56. The average molecular weight is 192 g/mol. The Morgan fingerprint density at radius 1 is 1.57 bits per heavy atom. The van der Waals surface area contributed by atoms with E-state index in [-0.39, 0.29) is 11.3 Å². The third-order valence-electron chi connectivity index (χ3n) is 1.78. The number of hydrogen-bond donors (Lipinski definition) is 1. The molecule has 0 fully saturated rings. The summed E-state index contributed by atoms with van der Waals surface area (Å²) in [6.07, 6.45) is 0. The Morgan fingerprint density at radius 3 is 2.64 bits per heavy atom. The number of nitrogens with zero attached hydrogens (tertiary/aromatic N) is 1. The summed E-state index contributed by atoms with van der Waals surface area (Å²) in [4.78, 5) is 20.4. The molecule has 0 aromatic heterocycles. The average Bonchev–Trinajstić information content (AvgIpc) is 2.16. The molecule has 0 bridgehead atoms. The fourth-order valence-corrected chi connectivity index (χ4v) is 1.06. The Hall–Kier alpha value is -1.85. The largest absolute Gasteiger partial charge is 0.477 e. The fourth-order valence-electron chi connectivity index (χ4n) is 1.06. The van der Waals surface area contributed by atoms with Crippen molar-refractivity contribution in [2.24, 2.45) is 0 Å². The molecule has 0 saturated carbocycles. The van der Waals surface area contributed by atoms with Gasteiger partial charge in [-0.1, -0.05) is 18.4 Å². The summed E-state index contributed by atoms with van der Waals surface area (Å²) < 4.78 is 0. The maximum Gasteiger partial charge on any atom is 0.342 e. The van der Waals surface area contributed by atoms with Gasteiger partial charge in [0.1, 0.15) is 12.8 Å². The molecule has 14 heavy (non-hydrogen) atoms. The summed E-state index contributed by atoms with van der Waals surface area (Å²) in [6.45, 7) is 1.72. The van der Waals surface area contributed by atoms with Crippen LogP contribution in [-0.4, -0.2) is 23.3 Å². The third-order valence-corrected chi connectivity index (χ3v) is 1.78. The molecule has 71 valence electrons. The predicted octanol–water partition coefficient (Wildman–Crippen LogP) is 0.671. The molecule has 1 aromatic carbocycles. The van der Waals surface area contributed by atoms with Crippen molar-refractivity contribution in [1.29, 1.82) is 0 Å². The number of nitro benzene ring substituents is 1. The highest BCUT2D eigenvalue weighted by Crippen LogP contribution is 2.15. The van der Waals surface area contributed by atoms with Crippen molar-refractivity contribution in [2.45, 2.75) is 6.82 Å². The molecule has 0 saturated heterocycles. The van der Waals surface area contributed by atoms with Crippen LogP contribution in [0.25, 0.3) is 0 Å². The maximum atomic E-state index is 10.6. The molecule has 0 amide bonds. The number of carbonyl (C=O) groups is 1. The van der Waals surface area contributed by atoms with E-state index in [0.29, 0.717) is 5.46 Å². The van der Waals surface area contributed by atoms with E-state index in [1.54, 1.807) is 14.1 Å². The van der Waals surface area contributed by atoms with Crippen LogP contribution in [0, 0.1) is 10.1 Å². The first-order valence-corrected chi connectivity index (χ1v) is 3.87. The Labute approximate surface area is 80.8 Å². The van der Waals surface area contributed by atoms with Gasteiger partial charge in [0, 0.05) is 6.07 Å². The maximum absolute atomic E-state index is 10.6. The molecule has 1 radical (unpaired) electrons. The Bertz CT molecular complexity index is 391. The van der Waals surface area contributed by atoms with Crippen molar-refractivity contribution < 1.29 is 14.8 Å². The second-order valence-electron chi connectivity index (χ2n) is 2.63. The minimum atomic E-state index is -1.29. The lowest BCUT2D eigenvalue weighted by molar-refractivity contribution is -0.385. The molecule has 0 spiro atoms. The van der Waals surface area contributed by atoms with E-state index < -0.39 is 10.9 Å². The van der Waals surface area contributed by atoms with Crippen molar-refractivity contribution in [2.75, 3.05) is 0 Å². The van der Waals surface area contributed by atoms with Gasteiger partial charge in [0.05, 0.1) is 4.92 Å². The van der Waals surface area contributed by atoms with Gasteiger partial charge < -0.3 is 5.11 Å². The highest BCUT2D eigenvalue weighted by molar-refractivity contribution is 6.52. The SMILES string of the molecule is C[B]c1ccc(C(=O)O)c([N+](=O)[O-])c1. The normalized spacial score (nSPS) is 9.50. The van der Waals surface area contributed by atoms with Gasteiger partial charge in [0.15, 0.2) is 0 Å². The van der Waals surface area contributed by atoms with Gasteiger partial charge >= 0.3 is 5.97 Å². The molecule has 5 nitrogen and oxygen atoms in total. The van der Waals surface area contributed by atoms with E-state index >= 15 is 0 Å².